The average molecular weight is 309 g/mol. The minimum absolute atomic E-state index is 0.0428. The number of urea groups is 1. The van der Waals surface area contributed by atoms with Crippen LogP contribution in [-0.4, -0.2) is 43.7 Å². The van der Waals surface area contributed by atoms with Crippen molar-refractivity contribution in [3.8, 4) is 0 Å². The van der Waals surface area contributed by atoms with Crippen LogP contribution in [0.2, 0.25) is 0 Å². The van der Waals surface area contributed by atoms with Gasteiger partial charge in [-0.3, -0.25) is 0 Å². The van der Waals surface area contributed by atoms with Crippen LogP contribution in [-0.2, 0) is 6.42 Å². The van der Waals surface area contributed by atoms with Crippen molar-refractivity contribution in [2.24, 2.45) is 5.92 Å². The van der Waals surface area contributed by atoms with Crippen LogP contribution >= 0.6 is 11.3 Å². The number of thiophene rings is 1. The van der Waals surface area contributed by atoms with E-state index in [1.807, 2.05) is 6.07 Å². The Morgan fingerprint density at radius 3 is 2.81 bits per heavy atom. The van der Waals surface area contributed by atoms with Crippen molar-refractivity contribution in [2.75, 3.05) is 32.7 Å². The van der Waals surface area contributed by atoms with Gasteiger partial charge in [-0.25, -0.2) is 4.79 Å². The number of carbonyl (C=O) groups is 1. The van der Waals surface area contributed by atoms with Crippen molar-refractivity contribution in [3.05, 3.63) is 22.4 Å². The van der Waals surface area contributed by atoms with Crippen molar-refractivity contribution in [1.82, 2.24) is 15.5 Å². The second kappa shape index (κ2) is 9.05. The fourth-order valence-electron chi connectivity index (χ4n) is 2.61. The summed E-state index contributed by atoms with van der Waals surface area (Å²) >= 11 is 1.73. The zero-order chi connectivity index (χ0) is 14.9. The topological polar surface area (TPSA) is 44.4 Å². The average Bonchev–Trinajstić information content (AvgIpc) is 2.99. The monoisotopic (exact) mass is 309 g/mol. The molecule has 1 saturated heterocycles. The molecule has 2 rings (SSSR count). The highest BCUT2D eigenvalue weighted by molar-refractivity contribution is 7.09. The Balaban J connectivity index is 1.45. The molecule has 0 atom stereocenters. The first-order valence-corrected chi connectivity index (χ1v) is 8.88. The third kappa shape index (κ3) is 6.48. The van der Waals surface area contributed by atoms with Gasteiger partial charge in [-0.05, 0) is 62.7 Å². The summed E-state index contributed by atoms with van der Waals surface area (Å²) in [4.78, 5) is 15.5. The summed E-state index contributed by atoms with van der Waals surface area (Å²) in [5.74, 6) is 0.883. The molecule has 0 bridgehead atoms. The van der Waals surface area contributed by atoms with Gasteiger partial charge in [0.05, 0.1) is 0 Å². The number of rotatable bonds is 7. The highest BCUT2D eigenvalue weighted by atomic mass is 32.1. The summed E-state index contributed by atoms with van der Waals surface area (Å²) in [5, 5.41) is 7.91. The summed E-state index contributed by atoms with van der Waals surface area (Å²) < 4.78 is 0. The Labute approximate surface area is 131 Å². The summed E-state index contributed by atoms with van der Waals surface area (Å²) in [5.41, 5.74) is 0. The zero-order valence-corrected chi connectivity index (χ0v) is 13.8. The van der Waals surface area contributed by atoms with Gasteiger partial charge in [0.15, 0.2) is 0 Å². The lowest BCUT2D eigenvalue weighted by Gasteiger charge is -2.30. The van der Waals surface area contributed by atoms with E-state index in [2.05, 4.69) is 33.9 Å². The van der Waals surface area contributed by atoms with Gasteiger partial charge in [-0.15, -0.1) is 11.3 Å². The third-order valence-electron chi connectivity index (χ3n) is 4.05. The van der Waals surface area contributed by atoms with Gasteiger partial charge in [-0.2, -0.15) is 0 Å². The van der Waals surface area contributed by atoms with E-state index < -0.39 is 0 Å². The van der Waals surface area contributed by atoms with Crippen molar-refractivity contribution >= 4 is 17.4 Å². The molecule has 118 valence electrons. The molecular weight excluding hydrogens is 282 g/mol. The number of amides is 2. The van der Waals surface area contributed by atoms with Gasteiger partial charge < -0.3 is 15.5 Å². The molecule has 0 spiro atoms. The molecule has 0 radical (unpaired) electrons. The van der Waals surface area contributed by atoms with E-state index in [-0.39, 0.29) is 6.03 Å². The highest BCUT2D eigenvalue weighted by Gasteiger charge is 2.14. The second-order valence-electron chi connectivity index (χ2n) is 5.89. The Kier molecular flexibility index (Phi) is 7.03. The molecule has 1 aliphatic rings. The van der Waals surface area contributed by atoms with Gasteiger partial charge in [0.2, 0.25) is 0 Å². The highest BCUT2D eigenvalue weighted by Crippen LogP contribution is 2.15. The molecule has 2 amide bonds. The number of carbonyl (C=O) groups excluding carboxylic acids is 1. The maximum absolute atomic E-state index is 11.6. The van der Waals surface area contributed by atoms with Crippen LogP contribution in [0.5, 0.6) is 0 Å². The van der Waals surface area contributed by atoms with E-state index in [1.165, 1.54) is 30.8 Å². The molecule has 0 aliphatic carbocycles. The first-order chi connectivity index (χ1) is 10.2. The minimum atomic E-state index is -0.0428. The number of nitrogens with zero attached hydrogens (tertiary/aromatic N) is 1. The smallest absolute Gasteiger partial charge is 0.314 e. The predicted octanol–water partition coefficient (Wildman–Crippen LogP) is 2.71. The molecule has 21 heavy (non-hydrogen) atoms. The molecule has 1 fully saturated rings. The maximum atomic E-state index is 11.6. The van der Waals surface area contributed by atoms with E-state index in [9.17, 15) is 4.79 Å². The largest absolute Gasteiger partial charge is 0.338 e. The summed E-state index contributed by atoms with van der Waals surface area (Å²) in [6, 6.07) is 4.10. The Morgan fingerprint density at radius 1 is 1.33 bits per heavy atom. The number of hydrogen-bond donors (Lipinski definition) is 2. The van der Waals surface area contributed by atoms with Crippen molar-refractivity contribution in [2.45, 2.75) is 32.6 Å². The Hall–Kier alpha value is -1.07. The molecule has 0 aromatic carbocycles. The van der Waals surface area contributed by atoms with E-state index in [0.29, 0.717) is 6.54 Å². The number of piperidine rings is 1. The quantitative estimate of drug-likeness (QED) is 0.761. The molecule has 0 unspecified atom stereocenters. The molecule has 1 aromatic rings. The van der Waals surface area contributed by atoms with Crippen molar-refractivity contribution in [3.63, 3.8) is 0 Å². The minimum Gasteiger partial charge on any atom is -0.338 e. The van der Waals surface area contributed by atoms with E-state index in [0.717, 1.165) is 31.8 Å². The molecule has 1 aliphatic heterocycles. The summed E-state index contributed by atoms with van der Waals surface area (Å²) in [7, 11) is 0. The lowest BCUT2D eigenvalue weighted by Crippen LogP contribution is -2.39. The Morgan fingerprint density at radius 2 is 2.10 bits per heavy atom. The molecule has 0 saturated carbocycles. The number of hydrogen-bond acceptors (Lipinski definition) is 3. The molecular formula is C16H27N3OS. The number of likely N-dealkylation sites (tertiary alicyclic amines) is 1. The SMILES string of the molecule is CC1CCN(CCCNC(=O)NCCc2cccs2)CC1. The van der Waals surface area contributed by atoms with Crippen molar-refractivity contribution < 1.29 is 4.79 Å². The lowest BCUT2D eigenvalue weighted by atomic mass is 9.99. The number of nitrogens with one attached hydrogen (secondary N) is 2. The van der Waals surface area contributed by atoms with Crippen LogP contribution in [0.25, 0.3) is 0 Å². The van der Waals surface area contributed by atoms with Gasteiger partial charge in [-0.1, -0.05) is 13.0 Å². The summed E-state index contributed by atoms with van der Waals surface area (Å²) in [6.07, 6.45) is 4.58. The van der Waals surface area contributed by atoms with Gasteiger partial charge in [0.25, 0.3) is 0 Å². The van der Waals surface area contributed by atoms with E-state index in [4.69, 9.17) is 0 Å². The normalized spacial score (nSPS) is 16.8. The summed E-state index contributed by atoms with van der Waals surface area (Å²) in [6.45, 7) is 7.33. The third-order valence-corrected chi connectivity index (χ3v) is 4.99. The fraction of sp³-hybridized carbons (Fsp3) is 0.688. The van der Waals surface area contributed by atoms with Crippen LogP contribution in [0.1, 0.15) is 31.1 Å². The molecule has 2 heterocycles. The van der Waals surface area contributed by atoms with E-state index >= 15 is 0 Å². The van der Waals surface area contributed by atoms with E-state index in [1.54, 1.807) is 11.3 Å². The van der Waals surface area contributed by atoms with Crippen LogP contribution in [0, 0.1) is 5.92 Å². The first kappa shape index (κ1) is 16.3. The molecule has 1 aromatic heterocycles. The van der Waals surface area contributed by atoms with Crippen LogP contribution in [0.3, 0.4) is 0 Å². The predicted molar refractivity (Wildman–Crippen MR) is 88.9 cm³/mol. The fourth-order valence-corrected chi connectivity index (χ4v) is 3.32. The second-order valence-corrected chi connectivity index (χ2v) is 6.92. The standard InChI is InChI=1S/C16H27N3OS/c1-14-6-11-19(12-7-14)10-3-8-17-16(20)18-9-5-15-4-2-13-21-15/h2,4,13-14H,3,5-12H2,1H3,(H2,17,18,20). The lowest BCUT2D eigenvalue weighted by molar-refractivity contribution is 0.190. The molecule has 2 N–H and O–H groups in total. The van der Waals surface area contributed by atoms with Gasteiger partial charge in [0, 0.05) is 18.0 Å². The molecule has 4 nitrogen and oxygen atoms in total. The van der Waals surface area contributed by atoms with Crippen LogP contribution in [0.15, 0.2) is 17.5 Å². The first-order valence-electron chi connectivity index (χ1n) is 8.00. The van der Waals surface area contributed by atoms with Crippen LogP contribution in [0.4, 0.5) is 4.79 Å². The zero-order valence-electron chi connectivity index (χ0n) is 12.9. The maximum Gasteiger partial charge on any atom is 0.314 e. The van der Waals surface area contributed by atoms with Crippen molar-refractivity contribution in [1.29, 1.82) is 0 Å². The Bertz CT molecular complexity index is 400. The van der Waals surface area contributed by atoms with Gasteiger partial charge in [0.1, 0.15) is 0 Å². The molecule has 5 heteroatoms. The van der Waals surface area contributed by atoms with Crippen LogP contribution < -0.4 is 10.6 Å². The van der Waals surface area contributed by atoms with Gasteiger partial charge >= 0.3 is 6.03 Å².